The van der Waals surface area contributed by atoms with Crippen LogP contribution in [0.1, 0.15) is 39.0 Å². The molecular formula is C11H18ClNO. The second kappa shape index (κ2) is 4.94. The summed E-state index contributed by atoms with van der Waals surface area (Å²) in [4.78, 5) is 11.6. The van der Waals surface area contributed by atoms with E-state index in [-0.39, 0.29) is 12.4 Å². The van der Waals surface area contributed by atoms with Gasteiger partial charge in [-0.15, -0.1) is 12.4 Å². The first-order valence-corrected chi connectivity index (χ1v) is 5.30. The number of allylic oxidation sites excluding steroid dienone is 1. The number of Topliss-reactive ketones (excluding diaryl/α,β-unsaturated/α-hetero) is 1. The molecule has 0 aromatic rings. The van der Waals surface area contributed by atoms with Gasteiger partial charge in [-0.3, -0.25) is 4.79 Å². The third-order valence-electron chi connectivity index (χ3n) is 3.14. The van der Waals surface area contributed by atoms with Crippen LogP contribution in [0.15, 0.2) is 11.6 Å². The van der Waals surface area contributed by atoms with E-state index in [2.05, 4.69) is 11.4 Å². The summed E-state index contributed by atoms with van der Waals surface area (Å²) in [5, 5.41) is 3.53. The molecule has 2 nitrogen and oxygen atoms in total. The van der Waals surface area contributed by atoms with Crippen molar-refractivity contribution in [3.05, 3.63) is 11.6 Å². The van der Waals surface area contributed by atoms with Crippen LogP contribution in [0.4, 0.5) is 0 Å². The van der Waals surface area contributed by atoms with Crippen molar-refractivity contribution in [1.29, 1.82) is 0 Å². The Morgan fingerprint density at radius 3 is 3.00 bits per heavy atom. The zero-order valence-corrected chi connectivity index (χ0v) is 9.40. The lowest BCUT2D eigenvalue weighted by Gasteiger charge is -2.12. The van der Waals surface area contributed by atoms with Crippen LogP contribution in [0.5, 0.6) is 0 Å². The third-order valence-corrected chi connectivity index (χ3v) is 3.14. The van der Waals surface area contributed by atoms with Gasteiger partial charge in [0.1, 0.15) is 0 Å². The van der Waals surface area contributed by atoms with E-state index >= 15 is 0 Å². The smallest absolute Gasteiger partial charge is 0.159 e. The van der Waals surface area contributed by atoms with Gasteiger partial charge < -0.3 is 5.32 Å². The molecule has 1 saturated heterocycles. The summed E-state index contributed by atoms with van der Waals surface area (Å²) >= 11 is 0. The van der Waals surface area contributed by atoms with Crippen molar-refractivity contribution in [3.8, 4) is 0 Å². The predicted octanol–water partition coefficient (Wildman–Crippen LogP) is 2.23. The van der Waals surface area contributed by atoms with E-state index in [4.69, 9.17) is 0 Å². The van der Waals surface area contributed by atoms with Gasteiger partial charge in [-0.25, -0.2) is 0 Å². The molecule has 0 aromatic heterocycles. The summed E-state index contributed by atoms with van der Waals surface area (Å²) in [6.07, 6.45) is 7.49. The average molecular weight is 216 g/mol. The van der Waals surface area contributed by atoms with Crippen LogP contribution in [-0.2, 0) is 4.79 Å². The quantitative estimate of drug-likeness (QED) is 0.766. The Morgan fingerprint density at radius 2 is 2.29 bits per heavy atom. The number of hydrogen-bond acceptors (Lipinski definition) is 2. The van der Waals surface area contributed by atoms with Crippen molar-refractivity contribution in [2.24, 2.45) is 0 Å². The van der Waals surface area contributed by atoms with Crippen LogP contribution in [-0.4, -0.2) is 17.9 Å². The number of carbonyl (C=O) groups excluding carboxylic acids is 1. The number of nitrogens with one attached hydrogen (secondary N) is 1. The highest BCUT2D eigenvalue weighted by atomic mass is 35.5. The minimum atomic E-state index is 0. The minimum absolute atomic E-state index is 0. The molecule has 2 bridgehead atoms. The summed E-state index contributed by atoms with van der Waals surface area (Å²) in [5.41, 5.74) is 1.06. The van der Waals surface area contributed by atoms with Crippen LogP contribution >= 0.6 is 12.4 Å². The van der Waals surface area contributed by atoms with Crippen molar-refractivity contribution in [2.75, 3.05) is 0 Å². The topological polar surface area (TPSA) is 29.1 Å². The maximum atomic E-state index is 11.6. The molecule has 0 saturated carbocycles. The average Bonchev–Trinajstić information content (AvgIpc) is 2.46. The molecule has 1 N–H and O–H groups in total. The number of halogens is 1. The second-order valence-electron chi connectivity index (χ2n) is 4.01. The van der Waals surface area contributed by atoms with Crippen molar-refractivity contribution >= 4 is 18.2 Å². The van der Waals surface area contributed by atoms with Crippen LogP contribution in [0, 0.1) is 0 Å². The summed E-state index contributed by atoms with van der Waals surface area (Å²) in [5.74, 6) is 0.333. The number of fused-ring (bicyclic) bond motifs is 2. The molecule has 2 aliphatic heterocycles. The molecule has 0 unspecified atom stereocenters. The lowest BCUT2D eigenvalue weighted by Crippen LogP contribution is -2.31. The zero-order valence-electron chi connectivity index (χ0n) is 8.58. The number of rotatable bonds is 2. The van der Waals surface area contributed by atoms with E-state index in [0.29, 0.717) is 24.3 Å². The first-order valence-electron chi connectivity index (χ1n) is 5.30. The van der Waals surface area contributed by atoms with Crippen molar-refractivity contribution in [2.45, 2.75) is 51.1 Å². The Bertz CT molecular complexity index is 250. The van der Waals surface area contributed by atoms with E-state index < -0.39 is 0 Å². The molecule has 0 radical (unpaired) electrons. The molecule has 14 heavy (non-hydrogen) atoms. The van der Waals surface area contributed by atoms with E-state index in [1.807, 2.05) is 6.92 Å². The summed E-state index contributed by atoms with van der Waals surface area (Å²) in [7, 11) is 0. The molecule has 2 atom stereocenters. The van der Waals surface area contributed by atoms with E-state index in [1.54, 1.807) is 0 Å². The minimum Gasteiger partial charge on any atom is -0.307 e. The van der Waals surface area contributed by atoms with Crippen molar-refractivity contribution in [1.82, 2.24) is 5.32 Å². The lowest BCUT2D eigenvalue weighted by molar-refractivity contribution is -0.115. The standard InChI is InChI=1S/C11H17NO.ClH/c1-2-11(13)9-5-3-4-8-6-7-10(9)12-8;/h5,8,10,12H,2-4,6-7H2,1H3;1H/t8-,10-;/m1./s1. The summed E-state index contributed by atoms with van der Waals surface area (Å²) in [6, 6.07) is 1.04. The highest BCUT2D eigenvalue weighted by molar-refractivity contribution is 5.96. The number of carbonyl (C=O) groups is 1. The van der Waals surface area contributed by atoms with Gasteiger partial charge in [-0.2, -0.15) is 0 Å². The van der Waals surface area contributed by atoms with Gasteiger partial charge in [0.15, 0.2) is 5.78 Å². The molecule has 0 amide bonds. The first kappa shape index (κ1) is 11.7. The molecule has 2 rings (SSSR count). The van der Waals surface area contributed by atoms with Gasteiger partial charge in [-0.05, 0) is 25.7 Å². The molecule has 0 aliphatic carbocycles. The number of ketones is 1. The van der Waals surface area contributed by atoms with Crippen LogP contribution in [0.25, 0.3) is 0 Å². The number of hydrogen-bond donors (Lipinski definition) is 1. The highest BCUT2D eigenvalue weighted by Gasteiger charge is 2.30. The van der Waals surface area contributed by atoms with E-state index in [0.717, 1.165) is 18.4 Å². The Kier molecular flexibility index (Phi) is 4.14. The Hall–Kier alpha value is -0.340. The van der Waals surface area contributed by atoms with Gasteiger partial charge in [0.2, 0.25) is 0 Å². The Morgan fingerprint density at radius 1 is 1.50 bits per heavy atom. The van der Waals surface area contributed by atoms with E-state index in [1.165, 1.54) is 12.8 Å². The summed E-state index contributed by atoms with van der Waals surface area (Å²) in [6.45, 7) is 1.94. The maximum Gasteiger partial charge on any atom is 0.159 e. The summed E-state index contributed by atoms with van der Waals surface area (Å²) < 4.78 is 0. The SMILES string of the molecule is CCC(=O)C1=CCC[C@@H]2CC[C@H]1N2.Cl. The lowest BCUT2D eigenvalue weighted by atomic mass is 9.96. The van der Waals surface area contributed by atoms with Gasteiger partial charge in [0.25, 0.3) is 0 Å². The van der Waals surface area contributed by atoms with Crippen LogP contribution < -0.4 is 5.32 Å². The fourth-order valence-electron chi connectivity index (χ4n) is 2.39. The molecule has 0 aromatic carbocycles. The van der Waals surface area contributed by atoms with Crippen LogP contribution in [0.3, 0.4) is 0 Å². The zero-order chi connectivity index (χ0) is 9.26. The predicted molar refractivity (Wildman–Crippen MR) is 59.8 cm³/mol. The van der Waals surface area contributed by atoms with Crippen molar-refractivity contribution < 1.29 is 4.79 Å². The molecule has 0 spiro atoms. The van der Waals surface area contributed by atoms with Gasteiger partial charge in [-0.1, -0.05) is 13.0 Å². The Labute approximate surface area is 91.6 Å². The Balaban J connectivity index is 0.000000980. The fraction of sp³-hybridized carbons (Fsp3) is 0.727. The molecule has 1 fully saturated rings. The second-order valence-corrected chi connectivity index (χ2v) is 4.01. The van der Waals surface area contributed by atoms with Gasteiger partial charge in [0, 0.05) is 24.1 Å². The molecule has 2 heterocycles. The third kappa shape index (κ3) is 2.18. The van der Waals surface area contributed by atoms with Gasteiger partial charge >= 0.3 is 0 Å². The molecule has 2 aliphatic rings. The van der Waals surface area contributed by atoms with Crippen molar-refractivity contribution in [3.63, 3.8) is 0 Å². The molecular weight excluding hydrogens is 198 g/mol. The highest BCUT2D eigenvalue weighted by Crippen LogP contribution is 2.26. The monoisotopic (exact) mass is 215 g/mol. The maximum absolute atomic E-state index is 11.6. The molecule has 80 valence electrons. The van der Waals surface area contributed by atoms with E-state index in [9.17, 15) is 4.79 Å². The fourth-order valence-corrected chi connectivity index (χ4v) is 2.39. The molecule has 3 heteroatoms. The first-order chi connectivity index (χ1) is 6.31. The van der Waals surface area contributed by atoms with Gasteiger partial charge in [0.05, 0.1) is 0 Å². The largest absolute Gasteiger partial charge is 0.307 e. The van der Waals surface area contributed by atoms with Crippen LogP contribution in [0.2, 0.25) is 0 Å². The normalized spacial score (nSPS) is 30.2.